The van der Waals surface area contributed by atoms with E-state index in [4.69, 9.17) is 19.1 Å². The quantitative estimate of drug-likeness (QED) is 0.713. The molecule has 0 heterocycles. The van der Waals surface area contributed by atoms with Crippen molar-refractivity contribution in [2.24, 2.45) is 5.41 Å². The molecule has 30 heavy (non-hydrogen) atoms. The molecule has 0 aliphatic heterocycles. The Balaban J connectivity index is 0.00000263. The van der Waals surface area contributed by atoms with Crippen LogP contribution in [-0.2, 0) is 25.6 Å². The van der Waals surface area contributed by atoms with Crippen molar-refractivity contribution in [1.29, 1.82) is 0 Å². The fourth-order valence-electron chi connectivity index (χ4n) is 2.29. The predicted octanol–water partition coefficient (Wildman–Crippen LogP) is 4.15. The van der Waals surface area contributed by atoms with Crippen molar-refractivity contribution in [2.45, 2.75) is 80.1 Å². The molecule has 0 radical (unpaired) electrons. The second-order valence-corrected chi connectivity index (χ2v) is 10.2. The lowest BCUT2D eigenvalue weighted by atomic mass is 9.97. The van der Waals surface area contributed by atoms with Crippen molar-refractivity contribution < 1.29 is 28.7 Å². The molecule has 0 aromatic heterocycles. The van der Waals surface area contributed by atoms with Crippen LogP contribution in [-0.4, -0.2) is 35.8 Å². The minimum Gasteiger partial charge on any atom is -0.456 e. The highest BCUT2D eigenvalue weighted by molar-refractivity contribution is 5.96. The fraction of sp³-hybridized carbons (Fsp3) is 0.609. The van der Waals surface area contributed by atoms with E-state index in [0.29, 0.717) is 17.7 Å². The van der Waals surface area contributed by atoms with Gasteiger partial charge >= 0.3 is 18.1 Å². The number of esters is 2. The minimum absolute atomic E-state index is 0.136. The number of hydrogen-bond acceptors (Lipinski definition) is 7. The van der Waals surface area contributed by atoms with Gasteiger partial charge in [-0.3, -0.25) is 0 Å². The van der Waals surface area contributed by atoms with Gasteiger partial charge in [-0.25, -0.2) is 9.59 Å². The molecule has 1 rings (SSSR count). The molecule has 0 amide bonds. The Morgan fingerprint density at radius 1 is 0.800 bits per heavy atom. The Kier molecular flexibility index (Phi) is 10.1. The molecular formula is C23H35NO6. The van der Waals surface area contributed by atoms with Crippen LogP contribution in [0.25, 0.3) is 0 Å². The van der Waals surface area contributed by atoms with Crippen LogP contribution < -0.4 is 5.32 Å². The van der Waals surface area contributed by atoms with Gasteiger partial charge in [0.25, 0.3) is 0 Å². The van der Waals surface area contributed by atoms with Crippen molar-refractivity contribution in [3.8, 4) is 0 Å². The first kappa shape index (κ1) is 27.5. The van der Waals surface area contributed by atoms with Crippen LogP contribution in [0.15, 0.2) is 18.2 Å². The first-order valence-electron chi connectivity index (χ1n) is 9.78. The molecule has 0 saturated carbocycles. The molecule has 1 aromatic carbocycles. The summed E-state index contributed by atoms with van der Waals surface area (Å²) >= 11 is 0. The van der Waals surface area contributed by atoms with E-state index < -0.39 is 23.1 Å². The lowest BCUT2D eigenvalue weighted by Crippen LogP contribution is -2.27. The average Bonchev–Trinajstić information content (AvgIpc) is 2.51. The van der Waals surface area contributed by atoms with Crippen LogP contribution in [0.4, 0.5) is 0 Å². The van der Waals surface area contributed by atoms with Crippen molar-refractivity contribution >= 4 is 18.1 Å². The van der Waals surface area contributed by atoms with Crippen LogP contribution in [0.3, 0.4) is 0 Å². The average molecular weight is 422 g/mol. The highest BCUT2D eigenvalue weighted by atomic mass is 16.6. The number of nitrogens with one attached hydrogen (secondary N) is 1. The van der Waals surface area contributed by atoms with E-state index in [0.717, 1.165) is 12.1 Å². The van der Waals surface area contributed by atoms with Crippen molar-refractivity contribution in [2.75, 3.05) is 6.54 Å². The monoisotopic (exact) mass is 421 g/mol. The first-order valence-corrected chi connectivity index (χ1v) is 9.78. The molecule has 0 fully saturated rings. The first-order chi connectivity index (χ1) is 13.5. The van der Waals surface area contributed by atoms with Gasteiger partial charge < -0.3 is 14.8 Å². The summed E-state index contributed by atoms with van der Waals surface area (Å²) < 4.78 is 10.9. The van der Waals surface area contributed by atoms with Crippen LogP contribution >= 0.6 is 0 Å². The Bertz CT molecular complexity index is 711. The maximum atomic E-state index is 12.5. The maximum absolute atomic E-state index is 12.5. The molecule has 7 heteroatoms. The molecule has 0 unspecified atom stereocenters. The van der Waals surface area contributed by atoms with E-state index in [1.165, 1.54) is 6.07 Å². The number of carbonyl (C=O) groups is 2. The van der Waals surface area contributed by atoms with Crippen LogP contribution in [0.1, 0.15) is 88.6 Å². The third-order valence-corrected chi connectivity index (χ3v) is 3.25. The van der Waals surface area contributed by atoms with Crippen LogP contribution in [0.2, 0.25) is 0 Å². The van der Waals surface area contributed by atoms with E-state index in [1.54, 1.807) is 12.1 Å². The Hall–Kier alpha value is -2.50. The Morgan fingerprint density at radius 3 is 1.47 bits per heavy atom. The predicted molar refractivity (Wildman–Crippen MR) is 113 cm³/mol. The molecule has 1 aromatic rings. The normalized spacial score (nSPS) is 11.6. The topological polar surface area (TPSA) is 98.8 Å². The summed E-state index contributed by atoms with van der Waals surface area (Å²) in [7, 11) is 0. The molecule has 0 aliphatic carbocycles. The second-order valence-electron chi connectivity index (χ2n) is 10.2. The summed E-state index contributed by atoms with van der Waals surface area (Å²) in [4.78, 5) is 41.3. The van der Waals surface area contributed by atoms with E-state index in [-0.39, 0.29) is 11.6 Å². The largest absolute Gasteiger partial charge is 0.456 e. The summed E-state index contributed by atoms with van der Waals surface area (Å²) in [5.41, 5.74) is 0.453. The number of hydrogen-bond donors (Lipinski definition) is 1. The van der Waals surface area contributed by atoms with E-state index in [9.17, 15) is 9.59 Å². The summed E-state index contributed by atoms with van der Waals surface area (Å²) in [6.45, 7) is 18.7. The summed E-state index contributed by atoms with van der Waals surface area (Å²) in [5.74, 6) is -0.907. The summed E-state index contributed by atoms with van der Waals surface area (Å²) in [6, 6.07) is 5.06. The maximum Gasteiger partial charge on any atom is 0.373 e. The molecular weight excluding hydrogens is 386 g/mol. The fourth-order valence-corrected chi connectivity index (χ4v) is 2.29. The van der Waals surface area contributed by atoms with Gasteiger partial charge in [-0.15, -0.1) is 0 Å². The lowest BCUT2D eigenvalue weighted by molar-refractivity contribution is -0.191. The van der Waals surface area contributed by atoms with Crippen LogP contribution in [0.5, 0.6) is 0 Å². The smallest absolute Gasteiger partial charge is 0.373 e. The van der Waals surface area contributed by atoms with Crippen molar-refractivity contribution in [1.82, 2.24) is 5.32 Å². The molecule has 0 saturated heterocycles. The highest BCUT2D eigenvalue weighted by Gasteiger charge is 2.23. The van der Waals surface area contributed by atoms with Crippen molar-refractivity contribution in [3.63, 3.8) is 0 Å². The van der Waals surface area contributed by atoms with E-state index in [1.807, 2.05) is 41.5 Å². The van der Waals surface area contributed by atoms with E-state index in [2.05, 4.69) is 26.1 Å². The van der Waals surface area contributed by atoms with Crippen molar-refractivity contribution in [3.05, 3.63) is 34.9 Å². The standard InChI is InChI=1S/C22H35NO4.CO2/c1-20(2,3)14-23-13-15-10-16(18(24)26-21(4,5)6)12-17(11-15)19(25)27-22(7,8)9;2-1-3/h10-12,23H,13-14H2,1-9H3;. The molecule has 0 aliphatic rings. The van der Waals surface area contributed by atoms with E-state index >= 15 is 0 Å². The minimum atomic E-state index is -0.607. The third kappa shape index (κ3) is 12.9. The van der Waals surface area contributed by atoms with Crippen LogP contribution in [0, 0.1) is 5.41 Å². The van der Waals surface area contributed by atoms with Gasteiger partial charge in [0.2, 0.25) is 0 Å². The SMILES string of the molecule is CC(C)(C)CNCc1cc(C(=O)OC(C)(C)C)cc(C(=O)OC(C)(C)C)c1.O=C=O. The van der Waals surface area contributed by atoms with Gasteiger partial charge in [0, 0.05) is 13.1 Å². The van der Waals surface area contributed by atoms with Gasteiger partial charge in [0.05, 0.1) is 11.1 Å². The molecule has 0 bridgehead atoms. The number of benzene rings is 1. The number of ether oxygens (including phenoxy) is 2. The zero-order chi connectivity index (χ0) is 23.8. The van der Waals surface area contributed by atoms with Gasteiger partial charge in [0.1, 0.15) is 11.2 Å². The second kappa shape index (κ2) is 11.0. The number of rotatable bonds is 5. The molecule has 1 N–H and O–H groups in total. The van der Waals surface area contributed by atoms with Gasteiger partial charge in [-0.2, -0.15) is 9.59 Å². The summed E-state index contributed by atoms with van der Waals surface area (Å²) in [5, 5.41) is 3.37. The molecule has 7 nitrogen and oxygen atoms in total. The Morgan fingerprint density at radius 2 is 1.17 bits per heavy atom. The Labute approximate surface area is 179 Å². The zero-order valence-electron chi connectivity index (χ0n) is 19.6. The zero-order valence-corrected chi connectivity index (χ0v) is 19.6. The van der Waals surface area contributed by atoms with Gasteiger partial charge in [-0.05, 0) is 70.7 Å². The highest BCUT2D eigenvalue weighted by Crippen LogP contribution is 2.19. The van der Waals surface area contributed by atoms with Gasteiger partial charge in [-0.1, -0.05) is 20.8 Å². The molecule has 0 spiro atoms. The molecule has 0 atom stereocenters. The summed E-state index contributed by atoms with van der Waals surface area (Å²) in [6.07, 6.45) is 0.250. The lowest BCUT2D eigenvalue weighted by Gasteiger charge is -2.22. The number of carbonyl (C=O) groups excluding carboxylic acids is 4. The van der Waals surface area contributed by atoms with Gasteiger partial charge in [0.15, 0.2) is 0 Å². The third-order valence-electron chi connectivity index (χ3n) is 3.25. The molecule has 168 valence electrons.